The highest BCUT2D eigenvalue weighted by molar-refractivity contribution is 7.09. The van der Waals surface area contributed by atoms with Gasteiger partial charge in [0, 0.05) is 11.3 Å². The third kappa shape index (κ3) is 7.66. The zero-order chi connectivity index (χ0) is 26.5. The van der Waals surface area contributed by atoms with Crippen molar-refractivity contribution in [3.8, 4) is 0 Å². The van der Waals surface area contributed by atoms with Crippen LogP contribution in [-0.4, -0.2) is 51.0 Å². The largest absolute Gasteiger partial charge is 0.457 e. The SMILES string of the molecule is CC1=CCC[C@H](C)[C@H](O)[C@@H](C)C(=O)C(C)(C)[C@@H](O)CC(=O)O[C@H](/C(C)=C/c2csc(C)n2)CC1=O. The number of ketones is 2. The molecule has 7 nitrogen and oxygen atoms in total. The number of ether oxygens (including phenoxy) is 1. The van der Waals surface area contributed by atoms with Crippen LogP contribution in [0.25, 0.3) is 6.08 Å². The third-order valence-corrected chi connectivity index (χ3v) is 7.81. The molecule has 0 saturated heterocycles. The first-order chi connectivity index (χ1) is 16.2. The number of Topliss-reactive ketones (excluding diaryl/α,β-unsaturated/α-hetero) is 2. The number of aromatic nitrogens is 1. The number of thiazole rings is 1. The Morgan fingerprint density at radius 1 is 1.17 bits per heavy atom. The Kier molecular flexibility index (Phi) is 10.1. The van der Waals surface area contributed by atoms with Crippen LogP contribution >= 0.6 is 11.3 Å². The minimum Gasteiger partial charge on any atom is -0.457 e. The van der Waals surface area contributed by atoms with Gasteiger partial charge in [-0.15, -0.1) is 11.3 Å². The predicted molar refractivity (Wildman–Crippen MR) is 137 cm³/mol. The zero-order valence-corrected chi connectivity index (χ0v) is 22.6. The Labute approximate surface area is 212 Å². The lowest BCUT2D eigenvalue weighted by molar-refractivity contribution is -0.154. The lowest BCUT2D eigenvalue weighted by Crippen LogP contribution is -2.45. The number of aliphatic hydroxyl groups excluding tert-OH is 2. The number of esters is 1. The molecule has 1 aliphatic rings. The lowest BCUT2D eigenvalue weighted by atomic mass is 9.73. The van der Waals surface area contributed by atoms with Gasteiger partial charge >= 0.3 is 5.97 Å². The van der Waals surface area contributed by atoms with E-state index in [1.54, 1.807) is 40.7 Å². The molecule has 1 aromatic rings. The molecule has 1 aromatic heterocycles. The number of aryl methyl sites for hydroxylation is 1. The van der Waals surface area contributed by atoms with Crippen molar-refractivity contribution in [1.29, 1.82) is 0 Å². The summed E-state index contributed by atoms with van der Waals surface area (Å²) in [6.07, 6.45) is 1.34. The molecule has 0 aliphatic carbocycles. The molecule has 5 atom stereocenters. The number of rotatable bonds is 2. The van der Waals surface area contributed by atoms with Crippen molar-refractivity contribution in [3.63, 3.8) is 0 Å². The zero-order valence-electron chi connectivity index (χ0n) is 21.8. The molecule has 0 radical (unpaired) electrons. The molecule has 0 bridgehead atoms. The van der Waals surface area contributed by atoms with Crippen LogP contribution < -0.4 is 0 Å². The average molecular weight is 506 g/mol. The van der Waals surface area contributed by atoms with Gasteiger partial charge in [-0.3, -0.25) is 14.4 Å². The Hall–Kier alpha value is -2.16. The Bertz CT molecular complexity index is 992. The fraction of sp³-hybridized carbons (Fsp3) is 0.630. The first-order valence-corrected chi connectivity index (χ1v) is 13.0. The van der Waals surface area contributed by atoms with Crippen molar-refractivity contribution in [3.05, 3.63) is 33.3 Å². The summed E-state index contributed by atoms with van der Waals surface area (Å²) in [7, 11) is 0. The molecule has 0 amide bonds. The van der Waals surface area contributed by atoms with Gasteiger partial charge in [0.05, 0.1) is 41.2 Å². The van der Waals surface area contributed by atoms with E-state index in [0.717, 1.165) is 10.7 Å². The Morgan fingerprint density at radius 2 is 1.83 bits per heavy atom. The normalized spacial score (nSPS) is 30.1. The third-order valence-electron chi connectivity index (χ3n) is 7.01. The molecule has 2 rings (SSSR count). The number of hydrogen-bond acceptors (Lipinski definition) is 8. The molecule has 2 N–H and O–H groups in total. The van der Waals surface area contributed by atoms with Crippen LogP contribution in [0.4, 0.5) is 0 Å². The number of carbonyl (C=O) groups is 3. The minimum atomic E-state index is -1.30. The number of allylic oxidation sites excluding steroid dienone is 2. The average Bonchev–Trinajstić information content (AvgIpc) is 3.20. The van der Waals surface area contributed by atoms with Crippen LogP contribution in [0.5, 0.6) is 0 Å². The van der Waals surface area contributed by atoms with E-state index < -0.39 is 42.0 Å². The summed E-state index contributed by atoms with van der Waals surface area (Å²) in [5.41, 5.74) is 0.686. The second-order valence-electron chi connectivity index (χ2n) is 10.3. The number of cyclic esters (lactones) is 1. The predicted octanol–water partition coefficient (Wildman–Crippen LogP) is 4.45. The van der Waals surface area contributed by atoms with Crippen molar-refractivity contribution in [1.82, 2.24) is 4.98 Å². The highest BCUT2D eigenvalue weighted by Crippen LogP contribution is 2.32. The summed E-state index contributed by atoms with van der Waals surface area (Å²) in [5.74, 6) is -2.05. The maximum absolute atomic E-state index is 13.2. The smallest absolute Gasteiger partial charge is 0.309 e. The monoisotopic (exact) mass is 505 g/mol. The van der Waals surface area contributed by atoms with E-state index in [1.807, 2.05) is 25.3 Å². The van der Waals surface area contributed by atoms with Gasteiger partial charge in [-0.2, -0.15) is 0 Å². The van der Waals surface area contributed by atoms with Crippen LogP contribution in [0, 0.1) is 24.2 Å². The van der Waals surface area contributed by atoms with Crippen molar-refractivity contribution in [2.24, 2.45) is 17.3 Å². The van der Waals surface area contributed by atoms with Crippen molar-refractivity contribution in [2.45, 2.75) is 92.5 Å². The van der Waals surface area contributed by atoms with Gasteiger partial charge in [-0.25, -0.2) is 4.98 Å². The molecule has 8 heteroatoms. The van der Waals surface area contributed by atoms with Crippen molar-refractivity contribution in [2.75, 3.05) is 0 Å². The molecule has 194 valence electrons. The number of nitrogens with zero attached hydrogens (tertiary/aromatic N) is 1. The summed E-state index contributed by atoms with van der Waals surface area (Å²) in [4.78, 5) is 43.4. The second-order valence-corrected chi connectivity index (χ2v) is 11.4. The van der Waals surface area contributed by atoms with Gasteiger partial charge in [0.15, 0.2) is 5.78 Å². The van der Waals surface area contributed by atoms with Gasteiger partial charge in [0.25, 0.3) is 0 Å². The van der Waals surface area contributed by atoms with E-state index in [1.165, 1.54) is 11.3 Å². The Morgan fingerprint density at radius 3 is 2.43 bits per heavy atom. The van der Waals surface area contributed by atoms with Crippen LogP contribution in [0.15, 0.2) is 22.6 Å². The summed E-state index contributed by atoms with van der Waals surface area (Å²) >= 11 is 1.50. The van der Waals surface area contributed by atoms with E-state index >= 15 is 0 Å². The maximum Gasteiger partial charge on any atom is 0.309 e. The molecule has 1 aliphatic heterocycles. The molecular weight excluding hydrogens is 466 g/mol. The van der Waals surface area contributed by atoms with E-state index in [4.69, 9.17) is 4.74 Å². The standard InChI is InChI=1S/C27H39NO6S/c1-15-9-8-10-16(2)25(32)18(4)26(33)27(6,7)23(30)13-24(31)34-22(12-21(15)29)17(3)11-20-14-35-19(5)28-20/h9,11,14,16,18,22-23,25,30,32H,8,10,12-13H2,1-7H3/b15-9?,17-11+/t16-,18+,22-,23-,25-/m0/s1. The van der Waals surface area contributed by atoms with E-state index in [0.29, 0.717) is 24.0 Å². The molecule has 0 aromatic carbocycles. The highest BCUT2D eigenvalue weighted by atomic mass is 32.1. The van der Waals surface area contributed by atoms with Gasteiger partial charge in [-0.05, 0) is 56.8 Å². The van der Waals surface area contributed by atoms with Gasteiger partial charge in [-0.1, -0.05) is 33.8 Å². The molecular formula is C27H39NO6S. The minimum absolute atomic E-state index is 0.0346. The van der Waals surface area contributed by atoms with Crippen molar-refractivity contribution < 1.29 is 29.3 Å². The van der Waals surface area contributed by atoms with Crippen LogP contribution in [0.2, 0.25) is 0 Å². The van der Waals surface area contributed by atoms with E-state index in [-0.39, 0.29) is 23.9 Å². The molecule has 0 saturated carbocycles. The number of aliphatic hydroxyl groups is 2. The lowest BCUT2D eigenvalue weighted by Gasteiger charge is -2.34. The van der Waals surface area contributed by atoms with Crippen molar-refractivity contribution >= 4 is 34.9 Å². The maximum atomic E-state index is 13.2. The topological polar surface area (TPSA) is 114 Å². The summed E-state index contributed by atoms with van der Waals surface area (Å²) in [6.45, 7) is 12.1. The summed E-state index contributed by atoms with van der Waals surface area (Å²) < 4.78 is 5.67. The van der Waals surface area contributed by atoms with Gasteiger partial charge in [0.2, 0.25) is 0 Å². The molecule has 0 unspecified atom stereocenters. The van der Waals surface area contributed by atoms with Crippen LogP contribution in [0.3, 0.4) is 0 Å². The van der Waals surface area contributed by atoms with Crippen LogP contribution in [0.1, 0.15) is 77.9 Å². The van der Waals surface area contributed by atoms with Gasteiger partial charge < -0.3 is 14.9 Å². The number of hydrogen-bond donors (Lipinski definition) is 2. The quantitative estimate of drug-likeness (QED) is 0.571. The molecule has 0 spiro atoms. The van der Waals surface area contributed by atoms with E-state index in [2.05, 4.69) is 4.98 Å². The van der Waals surface area contributed by atoms with Crippen LogP contribution in [-0.2, 0) is 19.1 Å². The first-order valence-electron chi connectivity index (χ1n) is 12.1. The van der Waals surface area contributed by atoms with E-state index in [9.17, 15) is 24.6 Å². The highest BCUT2D eigenvalue weighted by Gasteiger charge is 2.42. The molecule has 35 heavy (non-hydrogen) atoms. The molecule has 0 fully saturated rings. The number of carbonyl (C=O) groups excluding carboxylic acids is 3. The van der Waals surface area contributed by atoms with Gasteiger partial charge in [0.1, 0.15) is 11.9 Å². The fourth-order valence-electron chi connectivity index (χ4n) is 4.26. The Balaban J connectivity index is 2.39. The second kappa shape index (κ2) is 12.2. The summed E-state index contributed by atoms with van der Waals surface area (Å²) in [6, 6.07) is 0. The first kappa shape index (κ1) is 29.1. The molecule has 2 heterocycles. The summed E-state index contributed by atoms with van der Waals surface area (Å²) in [5, 5.41) is 24.3. The fourth-order valence-corrected chi connectivity index (χ4v) is 4.83.